The van der Waals surface area contributed by atoms with Gasteiger partial charge < -0.3 is 10.5 Å². The minimum absolute atomic E-state index is 0.0477. The summed E-state index contributed by atoms with van der Waals surface area (Å²) in [4.78, 5) is 0.202. The van der Waals surface area contributed by atoms with Gasteiger partial charge in [-0.1, -0.05) is 0 Å². The summed E-state index contributed by atoms with van der Waals surface area (Å²) in [5, 5.41) is 8.87. The van der Waals surface area contributed by atoms with Crippen molar-refractivity contribution in [3.05, 3.63) is 23.3 Å². The van der Waals surface area contributed by atoms with Crippen LogP contribution in [0.25, 0.3) is 0 Å². The van der Waals surface area contributed by atoms with Crippen LogP contribution in [0.1, 0.15) is 11.1 Å². The second-order valence-corrected chi connectivity index (χ2v) is 6.74. The predicted octanol–water partition coefficient (Wildman–Crippen LogP) is 0.799. The van der Waals surface area contributed by atoms with Gasteiger partial charge >= 0.3 is 0 Å². The lowest BCUT2D eigenvalue weighted by Crippen LogP contribution is -2.45. The topological polar surface area (TPSA) is 96.4 Å². The molecule has 1 saturated heterocycles. The average molecular weight is 295 g/mol. The number of aryl methyl sites for hydroxylation is 1. The van der Waals surface area contributed by atoms with E-state index in [-0.39, 0.29) is 24.6 Å². The Morgan fingerprint density at radius 3 is 2.80 bits per heavy atom. The first-order valence-electron chi connectivity index (χ1n) is 6.24. The highest BCUT2D eigenvalue weighted by molar-refractivity contribution is 7.89. The van der Waals surface area contributed by atoms with E-state index in [0.29, 0.717) is 11.3 Å². The van der Waals surface area contributed by atoms with Gasteiger partial charge in [0.05, 0.1) is 24.1 Å². The third kappa shape index (κ3) is 2.63. The summed E-state index contributed by atoms with van der Waals surface area (Å²) in [6, 6.07) is 5.29. The number of sulfonamides is 1. The maximum Gasteiger partial charge on any atom is 0.243 e. The van der Waals surface area contributed by atoms with Crippen molar-refractivity contribution in [3.8, 4) is 6.07 Å². The zero-order chi connectivity index (χ0) is 14.9. The maximum atomic E-state index is 12.7. The van der Waals surface area contributed by atoms with Crippen LogP contribution in [0.15, 0.2) is 17.0 Å². The van der Waals surface area contributed by atoms with E-state index in [1.165, 1.54) is 4.31 Å². The lowest BCUT2D eigenvalue weighted by molar-refractivity contribution is 0.0311. The number of benzene rings is 1. The van der Waals surface area contributed by atoms with Crippen LogP contribution >= 0.6 is 0 Å². The van der Waals surface area contributed by atoms with Gasteiger partial charge in [-0.15, -0.1) is 0 Å². The van der Waals surface area contributed by atoms with Crippen molar-refractivity contribution in [2.24, 2.45) is 0 Å². The Kier molecular flexibility index (Phi) is 3.99. The zero-order valence-corrected chi connectivity index (χ0v) is 12.3. The fourth-order valence-corrected chi connectivity index (χ4v) is 3.95. The van der Waals surface area contributed by atoms with Gasteiger partial charge in [0.25, 0.3) is 0 Å². The summed E-state index contributed by atoms with van der Waals surface area (Å²) in [5.41, 5.74) is 7.62. The van der Waals surface area contributed by atoms with Crippen molar-refractivity contribution in [2.45, 2.75) is 24.8 Å². The van der Waals surface area contributed by atoms with E-state index in [1.54, 1.807) is 26.0 Å². The fourth-order valence-electron chi connectivity index (χ4n) is 2.18. The van der Waals surface area contributed by atoms with Crippen LogP contribution < -0.4 is 5.73 Å². The van der Waals surface area contributed by atoms with Crippen LogP contribution in [0.3, 0.4) is 0 Å². The number of nitriles is 1. The average Bonchev–Trinajstić information content (AvgIpc) is 2.42. The molecule has 1 fully saturated rings. The largest absolute Gasteiger partial charge is 0.398 e. The molecule has 1 heterocycles. The van der Waals surface area contributed by atoms with Crippen LogP contribution in [0, 0.1) is 25.2 Å². The van der Waals surface area contributed by atoms with Gasteiger partial charge in [-0.3, -0.25) is 0 Å². The number of anilines is 1. The van der Waals surface area contributed by atoms with Crippen LogP contribution in [-0.4, -0.2) is 38.5 Å². The highest BCUT2D eigenvalue weighted by Gasteiger charge is 2.32. The summed E-state index contributed by atoms with van der Waals surface area (Å²) in [5.74, 6) is 0. The van der Waals surface area contributed by atoms with Crippen LogP contribution in [-0.2, 0) is 14.8 Å². The molecular formula is C13H17N3O3S. The molecule has 6 nitrogen and oxygen atoms in total. The molecule has 2 rings (SSSR count). The number of ether oxygens (including phenoxy) is 1. The molecule has 0 aromatic heterocycles. The molecule has 108 valence electrons. The van der Waals surface area contributed by atoms with Gasteiger partial charge in [0.2, 0.25) is 10.0 Å². The highest BCUT2D eigenvalue weighted by Crippen LogP contribution is 2.26. The van der Waals surface area contributed by atoms with Gasteiger partial charge in [-0.25, -0.2) is 8.42 Å². The smallest absolute Gasteiger partial charge is 0.243 e. The minimum Gasteiger partial charge on any atom is -0.398 e. The molecule has 0 radical (unpaired) electrons. The van der Waals surface area contributed by atoms with E-state index in [1.807, 2.05) is 6.07 Å². The van der Waals surface area contributed by atoms with Crippen molar-refractivity contribution in [3.63, 3.8) is 0 Å². The first-order valence-corrected chi connectivity index (χ1v) is 7.68. The Hall–Kier alpha value is -1.62. The number of nitrogen functional groups attached to an aromatic ring is 1. The van der Waals surface area contributed by atoms with Crippen LogP contribution in [0.4, 0.5) is 5.69 Å². The lowest BCUT2D eigenvalue weighted by Gasteiger charge is -2.29. The molecule has 20 heavy (non-hydrogen) atoms. The van der Waals surface area contributed by atoms with Gasteiger partial charge in [0.1, 0.15) is 0 Å². The fraction of sp³-hybridized carbons (Fsp3) is 0.462. The summed E-state index contributed by atoms with van der Waals surface area (Å²) in [6.07, 6.45) is -0.721. The summed E-state index contributed by atoms with van der Waals surface area (Å²) >= 11 is 0. The molecule has 0 bridgehead atoms. The number of rotatable bonds is 2. The van der Waals surface area contributed by atoms with Gasteiger partial charge in [-0.05, 0) is 37.1 Å². The SMILES string of the molecule is Cc1cc(N)c(C)c(S(=O)(=O)N2CCOC(C#N)C2)c1. The molecule has 7 heteroatoms. The number of hydrogen-bond donors (Lipinski definition) is 1. The lowest BCUT2D eigenvalue weighted by atomic mass is 10.1. The predicted molar refractivity (Wildman–Crippen MR) is 74.4 cm³/mol. The third-order valence-electron chi connectivity index (χ3n) is 3.34. The van der Waals surface area contributed by atoms with Crippen LogP contribution in [0.2, 0.25) is 0 Å². The molecule has 0 aliphatic carbocycles. The zero-order valence-electron chi connectivity index (χ0n) is 11.5. The summed E-state index contributed by atoms with van der Waals surface area (Å²) in [7, 11) is -3.66. The highest BCUT2D eigenvalue weighted by atomic mass is 32.2. The van der Waals surface area contributed by atoms with E-state index in [9.17, 15) is 8.42 Å². The van der Waals surface area contributed by atoms with E-state index in [2.05, 4.69) is 0 Å². The quantitative estimate of drug-likeness (QED) is 0.814. The minimum atomic E-state index is -3.66. The monoisotopic (exact) mass is 295 g/mol. The van der Waals surface area contributed by atoms with Gasteiger partial charge in [-0.2, -0.15) is 9.57 Å². The molecule has 1 aliphatic heterocycles. The molecule has 1 unspecified atom stereocenters. The Morgan fingerprint density at radius 2 is 2.15 bits per heavy atom. The summed E-state index contributed by atoms with van der Waals surface area (Å²) < 4.78 is 31.8. The van der Waals surface area contributed by atoms with Crippen molar-refractivity contribution < 1.29 is 13.2 Å². The molecule has 0 amide bonds. The van der Waals surface area contributed by atoms with Crippen molar-refractivity contribution in [2.75, 3.05) is 25.4 Å². The third-order valence-corrected chi connectivity index (χ3v) is 5.33. The Morgan fingerprint density at radius 1 is 1.45 bits per heavy atom. The number of hydrogen-bond acceptors (Lipinski definition) is 5. The number of nitrogens with two attached hydrogens (primary N) is 1. The molecule has 1 aliphatic rings. The van der Waals surface area contributed by atoms with Crippen LogP contribution in [0.5, 0.6) is 0 Å². The normalized spacial score (nSPS) is 20.6. The number of morpholine rings is 1. The van der Waals surface area contributed by atoms with E-state index >= 15 is 0 Å². The molecule has 0 saturated carbocycles. The molecule has 0 spiro atoms. The van der Waals surface area contributed by atoms with E-state index in [4.69, 9.17) is 15.7 Å². The van der Waals surface area contributed by atoms with Crippen molar-refractivity contribution in [1.82, 2.24) is 4.31 Å². The molecular weight excluding hydrogens is 278 g/mol. The Bertz CT molecular complexity index is 664. The number of nitrogens with zero attached hydrogens (tertiary/aromatic N) is 2. The van der Waals surface area contributed by atoms with Crippen molar-refractivity contribution in [1.29, 1.82) is 5.26 Å². The maximum absolute atomic E-state index is 12.7. The molecule has 1 aromatic rings. The molecule has 1 aromatic carbocycles. The Labute approximate surface area is 118 Å². The van der Waals surface area contributed by atoms with Crippen molar-refractivity contribution >= 4 is 15.7 Å². The van der Waals surface area contributed by atoms with Gasteiger partial charge in [0.15, 0.2) is 6.10 Å². The first kappa shape index (κ1) is 14.8. The first-order chi connectivity index (χ1) is 9.36. The summed E-state index contributed by atoms with van der Waals surface area (Å²) in [6.45, 7) is 3.99. The molecule has 2 N–H and O–H groups in total. The second kappa shape index (κ2) is 5.40. The van der Waals surface area contributed by atoms with E-state index in [0.717, 1.165) is 5.56 Å². The Balaban J connectivity index is 2.43. The standard InChI is InChI=1S/C13H17N3O3S/c1-9-5-12(15)10(2)13(6-9)20(17,18)16-3-4-19-11(7-14)8-16/h5-6,11H,3-4,8,15H2,1-2H3. The second-order valence-electron chi connectivity index (χ2n) is 4.83. The van der Waals surface area contributed by atoms with E-state index < -0.39 is 16.1 Å². The van der Waals surface area contributed by atoms with Gasteiger partial charge in [0, 0.05) is 12.2 Å². The molecule has 1 atom stereocenters.